The number of amides is 2. The summed E-state index contributed by atoms with van der Waals surface area (Å²) < 4.78 is 28.8. The average Bonchev–Trinajstić information content (AvgIpc) is 2.95. The van der Waals surface area contributed by atoms with Crippen LogP contribution in [-0.4, -0.2) is 44.3 Å². The maximum atomic E-state index is 13.9. The van der Waals surface area contributed by atoms with Crippen molar-refractivity contribution in [1.82, 2.24) is 10.2 Å². The van der Waals surface area contributed by atoms with E-state index in [0.29, 0.717) is 27.8 Å². The molecule has 0 bridgehead atoms. The van der Waals surface area contributed by atoms with E-state index >= 15 is 0 Å². The van der Waals surface area contributed by atoms with E-state index in [-0.39, 0.29) is 23.3 Å². The first-order valence-electron chi connectivity index (χ1n) is 13.1. The first-order valence-corrected chi connectivity index (χ1v) is 15.3. The molecular formula is C30H35Cl2N3O4S. The molecule has 0 aliphatic heterocycles. The summed E-state index contributed by atoms with van der Waals surface area (Å²) in [6, 6.07) is 19.2. The largest absolute Gasteiger partial charge is 0.354 e. The van der Waals surface area contributed by atoms with Crippen molar-refractivity contribution in [3.8, 4) is 0 Å². The molecule has 214 valence electrons. The molecule has 0 aliphatic carbocycles. The zero-order valence-electron chi connectivity index (χ0n) is 23.1. The van der Waals surface area contributed by atoms with Gasteiger partial charge in [0, 0.05) is 13.1 Å². The Morgan fingerprint density at radius 1 is 0.900 bits per heavy atom. The third kappa shape index (κ3) is 7.77. The monoisotopic (exact) mass is 603 g/mol. The number of nitrogens with one attached hydrogen (secondary N) is 1. The lowest BCUT2D eigenvalue weighted by Gasteiger charge is -2.32. The number of sulfonamides is 1. The highest BCUT2D eigenvalue weighted by Crippen LogP contribution is 2.27. The fourth-order valence-electron chi connectivity index (χ4n) is 4.09. The van der Waals surface area contributed by atoms with Crippen LogP contribution in [0.3, 0.4) is 0 Å². The average molecular weight is 605 g/mol. The highest BCUT2D eigenvalue weighted by molar-refractivity contribution is 7.92. The van der Waals surface area contributed by atoms with Crippen LogP contribution in [0.2, 0.25) is 10.0 Å². The predicted molar refractivity (Wildman–Crippen MR) is 161 cm³/mol. The molecule has 3 aromatic carbocycles. The van der Waals surface area contributed by atoms with Gasteiger partial charge in [-0.2, -0.15) is 0 Å². The van der Waals surface area contributed by atoms with Crippen LogP contribution >= 0.6 is 23.2 Å². The van der Waals surface area contributed by atoms with Crippen molar-refractivity contribution in [2.75, 3.05) is 17.4 Å². The second-order valence-electron chi connectivity index (χ2n) is 9.81. The van der Waals surface area contributed by atoms with Gasteiger partial charge in [0.1, 0.15) is 12.6 Å². The molecular weight excluding hydrogens is 569 g/mol. The molecule has 3 rings (SSSR count). The second kappa shape index (κ2) is 14.0. The van der Waals surface area contributed by atoms with Crippen molar-refractivity contribution >= 4 is 50.7 Å². The van der Waals surface area contributed by atoms with E-state index in [2.05, 4.69) is 5.32 Å². The zero-order chi connectivity index (χ0) is 29.4. The Morgan fingerprint density at radius 3 is 2.12 bits per heavy atom. The first kappa shape index (κ1) is 31.5. The van der Waals surface area contributed by atoms with Gasteiger partial charge in [0.15, 0.2) is 0 Å². The Morgan fingerprint density at radius 2 is 1.55 bits per heavy atom. The fourth-order valence-corrected chi connectivity index (χ4v) is 5.84. The van der Waals surface area contributed by atoms with Gasteiger partial charge in [-0.05, 0) is 66.8 Å². The molecule has 3 aromatic rings. The topological polar surface area (TPSA) is 86.8 Å². The Labute approximate surface area is 247 Å². The van der Waals surface area contributed by atoms with Crippen molar-refractivity contribution in [3.05, 3.63) is 94.0 Å². The van der Waals surface area contributed by atoms with E-state index in [1.54, 1.807) is 55.5 Å². The molecule has 0 saturated carbocycles. The van der Waals surface area contributed by atoms with Gasteiger partial charge in [-0.25, -0.2) is 8.42 Å². The van der Waals surface area contributed by atoms with Crippen molar-refractivity contribution in [2.24, 2.45) is 0 Å². The number of hydrogen-bond donors (Lipinski definition) is 1. The second-order valence-corrected chi connectivity index (χ2v) is 12.5. The van der Waals surface area contributed by atoms with Gasteiger partial charge in [-0.1, -0.05) is 80.4 Å². The van der Waals surface area contributed by atoms with Crippen LogP contribution in [0.25, 0.3) is 0 Å². The highest BCUT2D eigenvalue weighted by atomic mass is 35.5. The lowest BCUT2D eigenvalue weighted by molar-refractivity contribution is -0.139. The van der Waals surface area contributed by atoms with Gasteiger partial charge < -0.3 is 10.2 Å². The van der Waals surface area contributed by atoms with Gasteiger partial charge >= 0.3 is 0 Å². The molecule has 7 nitrogen and oxygen atoms in total. The third-order valence-electron chi connectivity index (χ3n) is 6.51. The number of anilines is 1. The van der Waals surface area contributed by atoms with Gasteiger partial charge in [0.05, 0.1) is 20.6 Å². The molecule has 10 heteroatoms. The SMILES string of the molecule is CCCNC(=O)[C@H](C)N(Cc1ccc(Cl)c(Cl)c1)C(=O)CN(c1ccc(C(C)C)cc1)S(=O)(=O)c1ccccc1. The number of hydrogen-bond acceptors (Lipinski definition) is 4. The van der Waals surface area contributed by atoms with E-state index in [0.717, 1.165) is 16.3 Å². The lowest BCUT2D eigenvalue weighted by atomic mass is 10.0. The summed E-state index contributed by atoms with van der Waals surface area (Å²) in [5.41, 5.74) is 2.03. The Kier molecular flexibility index (Phi) is 11.0. The Balaban J connectivity index is 2.03. The summed E-state index contributed by atoms with van der Waals surface area (Å²) in [4.78, 5) is 28.3. The number of carbonyl (C=O) groups excluding carboxylic acids is 2. The van der Waals surface area contributed by atoms with Crippen LogP contribution in [0.1, 0.15) is 51.2 Å². The number of benzene rings is 3. The van der Waals surface area contributed by atoms with Gasteiger partial charge in [0.25, 0.3) is 10.0 Å². The number of carbonyl (C=O) groups is 2. The molecule has 0 aliphatic rings. The molecule has 40 heavy (non-hydrogen) atoms. The normalized spacial score (nSPS) is 12.2. The summed E-state index contributed by atoms with van der Waals surface area (Å²) >= 11 is 12.3. The van der Waals surface area contributed by atoms with E-state index in [4.69, 9.17) is 23.2 Å². The Bertz CT molecular complexity index is 1410. The maximum absolute atomic E-state index is 13.9. The van der Waals surface area contributed by atoms with E-state index < -0.39 is 28.5 Å². The molecule has 0 saturated heterocycles. The van der Waals surface area contributed by atoms with E-state index in [1.165, 1.54) is 17.0 Å². The summed E-state index contributed by atoms with van der Waals surface area (Å²) in [5.74, 6) is -0.634. The van der Waals surface area contributed by atoms with Gasteiger partial charge in [0.2, 0.25) is 11.8 Å². The van der Waals surface area contributed by atoms with Crippen molar-refractivity contribution < 1.29 is 18.0 Å². The minimum Gasteiger partial charge on any atom is -0.354 e. The minimum atomic E-state index is -4.11. The molecule has 1 N–H and O–H groups in total. The summed E-state index contributed by atoms with van der Waals surface area (Å²) in [6.45, 7) is 7.61. The van der Waals surface area contributed by atoms with E-state index in [1.807, 2.05) is 32.9 Å². The van der Waals surface area contributed by atoms with Crippen LogP contribution in [0.4, 0.5) is 5.69 Å². The van der Waals surface area contributed by atoms with Gasteiger partial charge in [-0.3, -0.25) is 13.9 Å². The molecule has 0 radical (unpaired) electrons. The molecule has 0 unspecified atom stereocenters. The smallest absolute Gasteiger partial charge is 0.264 e. The minimum absolute atomic E-state index is 0.0297. The number of rotatable bonds is 12. The number of halogens is 2. The number of nitrogens with zero attached hydrogens (tertiary/aromatic N) is 2. The molecule has 2 amide bonds. The van der Waals surface area contributed by atoms with E-state index in [9.17, 15) is 18.0 Å². The zero-order valence-corrected chi connectivity index (χ0v) is 25.4. The third-order valence-corrected chi connectivity index (χ3v) is 9.04. The molecule has 1 atom stereocenters. The molecule has 0 fully saturated rings. The van der Waals surface area contributed by atoms with Crippen LogP contribution in [0.15, 0.2) is 77.7 Å². The van der Waals surface area contributed by atoms with Crippen molar-refractivity contribution in [2.45, 2.75) is 57.5 Å². The molecule has 0 heterocycles. The predicted octanol–water partition coefficient (Wildman–Crippen LogP) is 6.26. The van der Waals surface area contributed by atoms with Crippen LogP contribution < -0.4 is 9.62 Å². The van der Waals surface area contributed by atoms with Crippen LogP contribution in [-0.2, 0) is 26.2 Å². The van der Waals surface area contributed by atoms with Crippen LogP contribution in [0.5, 0.6) is 0 Å². The quantitative estimate of drug-likeness (QED) is 0.265. The first-order chi connectivity index (χ1) is 18.9. The van der Waals surface area contributed by atoms with Crippen molar-refractivity contribution in [1.29, 1.82) is 0 Å². The Hall–Kier alpha value is -3.07. The maximum Gasteiger partial charge on any atom is 0.264 e. The summed E-state index contributed by atoms with van der Waals surface area (Å²) in [6.07, 6.45) is 0.731. The fraction of sp³-hybridized carbons (Fsp3) is 0.333. The van der Waals surface area contributed by atoms with Crippen molar-refractivity contribution in [3.63, 3.8) is 0 Å². The summed E-state index contributed by atoms with van der Waals surface area (Å²) in [7, 11) is -4.11. The van der Waals surface area contributed by atoms with Crippen LogP contribution in [0, 0.1) is 0 Å². The molecule has 0 spiro atoms. The highest BCUT2D eigenvalue weighted by Gasteiger charge is 2.32. The standard InChI is InChI=1S/C30H35Cl2N3O4S/c1-5-17-33-30(37)22(4)34(19-23-11-16-27(31)28(32)18-23)29(36)20-35(25-14-12-24(13-15-25)21(2)3)40(38,39)26-9-7-6-8-10-26/h6-16,18,21-22H,5,17,19-20H2,1-4H3,(H,33,37)/t22-/m0/s1. The summed E-state index contributed by atoms with van der Waals surface area (Å²) in [5, 5.41) is 3.50. The lowest BCUT2D eigenvalue weighted by Crippen LogP contribution is -2.51. The molecule has 0 aromatic heterocycles. The van der Waals surface area contributed by atoms with Gasteiger partial charge in [-0.15, -0.1) is 0 Å².